The first kappa shape index (κ1) is 28.2. The molecule has 4 rings (SSSR count). The van der Waals surface area contributed by atoms with E-state index < -0.39 is 0 Å². The van der Waals surface area contributed by atoms with Crippen LogP contribution in [0, 0.1) is 5.92 Å². The molecule has 0 aliphatic carbocycles. The Kier molecular flexibility index (Phi) is 10.2. The topological polar surface area (TPSA) is 59.1 Å². The Morgan fingerprint density at radius 1 is 1.03 bits per heavy atom. The molecule has 0 bridgehead atoms. The third kappa shape index (κ3) is 7.38. The lowest BCUT2D eigenvalue weighted by Crippen LogP contribution is -2.38. The van der Waals surface area contributed by atoms with E-state index in [-0.39, 0.29) is 11.8 Å². The van der Waals surface area contributed by atoms with Crippen molar-refractivity contribution in [3.63, 3.8) is 0 Å². The summed E-state index contributed by atoms with van der Waals surface area (Å²) in [5.74, 6) is 2.11. The molecule has 2 aliphatic heterocycles. The van der Waals surface area contributed by atoms with Gasteiger partial charge in [-0.3, -0.25) is 14.5 Å². The second kappa shape index (κ2) is 13.8. The van der Waals surface area contributed by atoms with Gasteiger partial charge >= 0.3 is 0 Å². The summed E-state index contributed by atoms with van der Waals surface area (Å²) in [6.45, 7) is 2.30. The maximum atomic E-state index is 13.0. The predicted octanol–water partition coefficient (Wildman–Crippen LogP) is 5.95. The third-order valence-electron chi connectivity index (χ3n) is 7.19. The van der Waals surface area contributed by atoms with Crippen LogP contribution >= 0.6 is 24.0 Å². The highest BCUT2D eigenvalue weighted by atomic mass is 32.2. The maximum absolute atomic E-state index is 13.0. The molecule has 0 radical (unpaired) electrons. The number of thioether (sulfide) groups is 1. The van der Waals surface area contributed by atoms with Crippen molar-refractivity contribution < 1.29 is 19.1 Å². The molecule has 202 valence electrons. The van der Waals surface area contributed by atoms with Gasteiger partial charge < -0.3 is 14.4 Å². The van der Waals surface area contributed by atoms with Gasteiger partial charge in [0.1, 0.15) is 4.32 Å². The Bertz CT molecular complexity index is 1160. The number of nitrogens with zero attached hydrogens (tertiary/aromatic N) is 2. The van der Waals surface area contributed by atoms with Crippen LogP contribution in [0.15, 0.2) is 53.4 Å². The smallest absolute Gasteiger partial charge is 0.266 e. The number of unbranched alkanes of at least 4 members (excludes halogenated alkanes) is 2. The molecule has 0 saturated carbocycles. The Morgan fingerprint density at radius 2 is 1.76 bits per heavy atom. The lowest BCUT2D eigenvalue weighted by Gasteiger charge is -2.32. The molecule has 0 unspecified atom stereocenters. The van der Waals surface area contributed by atoms with Crippen LogP contribution in [0.5, 0.6) is 11.5 Å². The zero-order valence-corrected chi connectivity index (χ0v) is 23.8. The molecule has 2 aromatic carbocycles. The van der Waals surface area contributed by atoms with Gasteiger partial charge in [0.15, 0.2) is 11.5 Å². The van der Waals surface area contributed by atoms with Crippen molar-refractivity contribution in [3.05, 3.63) is 64.6 Å². The summed E-state index contributed by atoms with van der Waals surface area (Å²) >= 11 is 6.80. The van der Waals surface area contributed by atoms with Crippen LogP contribution in [0.25, 0.3) is 6.08 Å². The molecule has 2 heterocycles. The van der Waals surface area contributed by atoms with Gasteiger partial charge in [-0.15, -0.1) is 0 Å². The molecule has 6 nitrogen and oxygen atoms in total. The molecule has 2 saturated heterocycles. The molecule has 2 fully saturated rings. The molecule has 2 amide bonds. The summed E-state index contributed by atoms with van der Waals surface area (Å²) < 4.78 is 11.2. The first-order valence-corrected chi connectivity index (χ1v) is 14.5. The summed E-state index contributed by atoms with van der Waals surface area (Å²) in [7, 11) is 3.18. The van der Waals surface area contributed by atoms with Crippen molar-refractivity contribution in [2.45, 2.75) is 44.9 Å². The van der Waals surface area contributed by atoms with E-state index in [4.69, 9.17) is 21.7 Å². The summed E-state index contributed by atoms with van der Waals surface area (Å²) in [5.41, 5.74) is 2.24. The van der Waals surface area contributed by atoms with Gasteiger partial charge in [0.25, 0.3) is 5.91 Å². The van der Waals surface area contributed by atoms with E-state index >= 15 is 0 Å². The van der Waals surface area contributed by atoms with E-state index in [2.05, 4.69) is 30.3 Å². The van der Waals surface area contributed by atoms with Crippen molar-refractivity contribution in [2.75, 3.05) is 33.9 Å². The van der Waals surface area contributed by atoms with Gasteiger partial charge in [0.2, 0.25) is 5.91 Å². The fourth-order valence-corrected chi connectivity index (χ4v) is 6.31. The lowest BCUT2D eigenvalue weighted by molar-refractivity contribution is -0.132. The average molecular weight is 553 g/mol. The summed E-state index contributed by atoms with van der Waals surface area (Å²) in [6, 6.07) is 16.2. The van der Waals surface area contributed by atoms with Crippen LogP contribution < -0.4 is 9.47 Å². The Morgan fingerprint density at radius 3 is 2.47 bits per heavy atom. The number of carbonyl (C=O) groups excluding carboxylic acids is 2. The summed E-state index contributed by atoms with van der Waals surface area (Å²) in [4.78, 5) is 30.0. The van der Waals surface area contributed by atoms with E-state index in [0.29, 0.717) is 39.6 Å². The predicted molar refractivity (Wildman–Crippen MR) is 157 cm³/mol. The Balaban J connectivity index is 1.16. The minimum atomic E-state index is -0.0655. The molecule has 0 aromatic heterocycles. The SMILES string of the molecule is COc1ccc(/C=C2\SC(=S)N(CCCCCC(=O)N3CCC(Cc4ccccc4)CC3)C2=O)cc1OC. The largest absolute Gasteiger partial charge is 0.493 e. The number of hydrogen-bond acceptors (Lipinski definition) is 6. The summed E-state index contributed by atoms with van der Waals surface area (Å²) in [5, 5.41) is 0. The van der Waals surface area contributed by atoms with Gasteiger partial charge in [-0.05, 0) is 67.4 Å². The second-order valence-corrected chi connectivity index (χ2v) is 11.4. The van der Waals surface area contributed by atoms with Crippen molar-refractivity contribution in [1.29, 1.82) is 0 Å². The number of ether oxygens (including phenoxy) is 2. The highest BCUT2D eigenvalue weighted by Crippen LogP contribution is 2.35. The van der Waals surface area contributed by atoms with E-state index in [0.717, 1.165) is 57.2 Å². The quantitative estimate of drug-likeness (QED) is 0.195. The molecule has 0 atom stereocenters. The fourth-order valence-electron chi connectivity index (χ4n) is 5.00. The van der Waals surface area contributed by atoms with Gasteiger partial charge in [-0.1, -0.05) is 66.8 Å². The molecule has 38 heavy (non-hydrogen) atoms. The number of rotatable bonds is 11. The third-order valence-corrected chi connectivity index (χ3v) is 8.56. The minimum Gasteiger partial charge on any atom is -0.493 e. The maximum Gasteiger partial charge on any atom is 0.266 e. The van der Waals surface area contributed by atoms with Crippen molar-refractivity contribution in [2.24, 2.45) is 5.92 Å². The first-order chi connectivity index (χ1) is 18.5. The van der Waals surface area contributed by atoms with Crippen LogP contribution in [-0.4, -0.2) is 59.8 Å². The highest BCUT2D eigenvalue weighted by Gasteiger charge is 2.31. The molecule has 8 heteroatoms. The van der Waals surface area contributed by atoms with E-state index in [1.54, 1.807) is 19.1 Å². The number of thiocarbonyl (C=S) groups is 1. The number of carbonyl (C=O) groups is 2. The van der Waals surface area contributed by atoms with Crippen molar-refractivity contribution in [3.8, 4) is 11.5 Å². The number of likely N-dealkylation sites (tertiary alicyclic amines) is 1. The standard InChI is InChI=1S/C30H36N2O4S2/c1-35-25-13-12-24(20-26(25)36-2)21-27-29(34)32(30(37)38-27)16-8-4-7-11-28(33)31-17-14-23(15-18-31)19-22-9-5-3-6-10-22/h3,5-6,9-10,12-13,20-21,23H,4,7-8,11,14-19H2,1-2H3/b27-21-. The average Bonchev–Trinajstić information content (AvgIpc) is 3.20. The fraction of sp³-hybridized carbons (Fsp3) is 0.433. The molecular formula is C30H36N2O4S2. The number of hydrogen-bond donors (Lipinski definition) is 0. The molecule has 0 spiro atoms. The normalized spacial score (nSPS) is 17.4. The molecular weight excluding hydrogens is 516 g/mol. The molecule has 2 aliphatic rings. The Hall–Kier alpha value is -2.84. The second-order valence-electron chi connectivity index (χ2n) is 9.77. The van der Waals surface area contributed by atoms with E-state index in [9.17, 15) is 9.59 Å². The molecule has 0 N–H and O–H groups in total. The number of methoxy groups -OCH3 is 2. The number of amides is 2. The lowest BCUT2D eigenvalue weighted by atomic mass is 9.90. The number of benzene rings is 2. The monoisotopic (exact) mass is 552 g/mol. The van der Waals surface area contributed by atoms with Gasteiger partial charge in [-0.25, -0.2) is 0 Å². The first-order valence-electron chi connectivity index (χ1n) is 13.3. The molecule has 2 aromatic rings. The van der Waals surface area contributed by atoms with E-state index in [1.165, 1.54) is 17.3 Å². The van der Waals surface area contributed by atoms with Crippen molar-refractivity contribution in [1.82, 2.24) is 9.80 Å². The van der Waals surface area contributed by atoms with Gasteiger partial charge in [-0.2, -0.15) is 0 Å². The Labute approximate surface area is 235 Å². The van der Waals surface area contributed by atoms with Crippen LogP contribution in [0.1, 0.15) is 49.7 Å². The number of piperidine rings is 1. The van der Waals surface area contributed by atoms with Crippen molar-refractivity contribution >= 4 is 46.2 Å². The van der Waals surface area contributed by atoms with Crippen LogP contribution in [0.3, 0.4) is 0 Å². The summed E-state index contributed by atoms with van der Waals surface area (Å²) in [6.07, 6.45) is 8.20. The zero-order valence-electron chi connectivity index (χ0n) is 22.2. The minimum absolute atomic E-state index is 0.0655. The van der Waals surface area contributed by atoms with Crippen LogP contribution in [0.2, 0.25) is 0 Å². The highest BCUT2D eigenvalue weighted by molar-refractivity contribution is 8.26. The van der Waals surface area contributed by atoms with Gasteiger partial charge in [0, 0.05) is 26.1 Å². The van der Waals surface area contributed by atoms with Gasteiger partial charge in [0.05, 0.1) is 19.1 Å². The van der Waals surface area contributed by atoms with Crippen LogP contribution in [-0.2, 0) is 16.0 Å². The van der Waals surface area contributed by atoms with Crippen LogP contribution in [0.4, 0.5) is 0 Å². The van der Waals surface area contributed by atoms with E-state index in [1.807, 2.05) is 29.2 Å². The zero-order chi connectivity index (χ0) is 26.9.